The van der Waals surface area contributed by atoms with Crippen LogP contribution in [0.25, 0.3) is 10.9 Å². The molecule has 0 bridgehead atoms. The van der Waals surface area contributed by atoms with E-state index in [4.69, 9.17) is 23.2 Å². The minimum atomic E-state index is -4.72. The number of hydrogen-bond acceptors (Lipinski definition) is 4. The van der Waals surface area contributed by atoms with Crippen LogP contribution in [0.4, 0.5) is 13.2 Å². The number of aromatic nitrogens is 2. The minimum absolute atomic E-state index is 0.253. The molecule has 0 spiro atoms. The first-order chi connectivity index (χ1) is 12.6. The maximum absolute atomic E-state index is 13.3. The van der Waals surface area contributed by atoms with E-state index in [0.29, 0.717) is 4.80 Å². The highest BCUT2D eigenvalue weighted by atomic mass is 35.5. The Labute approximate surface area is 164 Å². The predicted molar refractivity (Wildman–Crippen MR) is 96.0 cm³/mol. The van der Waals surface area contributed by atoms with Gasteiger partial charge in [-0.3, -0.25) is 4.79 Å². The second kappa shape index (κ2) is 7.14. The number of alkyl halides is 5. The number of nitrogens with zero attached hydrogens (tertiary/aromatic N) is 3. The number of fused-ring (bicyclic) bond motifs is 1. The summed E-state index contributed by atoms with van der Waals surface area (Å²) >= 11 is 12.8. The third-order valence-corrected chi connectivity index (χ3v) is 4.96. The molecule has 3 aromatic rings. The Balaban J connectivity index is 2.34. The molecule has 2 heterocycles. The van der Waals surface area contributed by atoms with E-state index >= 15 is 0 Å². The van der Waals surface area contributed by atoms with Crippen LogP contribution in [0, 0.1) is 0 Å². The number of aromatic hydroxyl groups is 1. The van der Waals surface area contributed by atoms with Crippen molar-refractivity contribution >= 4 is 51.3 Å². The van der Waals surface area contributed by atoms with E-state index in [2.05, 4.69) is 9.98 Å². The summed E-state index contributed by atoms with van der Waals surface area (Å²) in [4.78, 5) is 19.2. The van der Waals surface area contributed by atoms with Gasteiger partial charge in [0.05, 0.1) is 16.8 Å². The first kappa shape index (κ1) is 19.7. The molecule has 2 aromatic heterocycles. The Hall–Kier alpha value is -2.10. The molecule has 0 aliphatic carbocycles. The zero-order chi connectivity index (χ0) is 19.9. The van der Waals surface area contributed by atoms with Gasteiger partial charge in [0, 0.05) is 24.0 Å². The zero-order valence-electron chi connectivity index (χ0n) is 13.5. The third kappa shape index (κ3) is 3.67. The number of carbonyl (C=O) groups is 1. The number of para-hydroxylation sites is 1. The molecule has 0 unspecified atom stereocenters. The average Bonchev–Trinajstić information content (AvgIpc) is 2.97. The van der Waals surface area contributed by atoms with Gasteiger partial charge in [0.1, 0.15) is 11.3 Å². The topological polar surface area (TPSA) is 67.5 Å². The maximum atomic E-state index is 13.3. The first-order valence-corrected chi connectivity index (χ1v) is 9.06. The number of aryl methyl sites for hydroxylation is 1. The zero-order valence-corrected chi connectivity index (χ0v) is 15.8. The molecule has 0 saturated carbocycles. The molecule has 1 N–H and O–H groups in total. The lowest BCUT2D eigenvalue weighted by Gasteiger charge is -2.15. The fourth-order valence-corrected chi connectivity index (χ4v) is 3.51. The van der Waals surface area contributed by atoms with Crippen LogP contribution in [0.3, 0.4) is 0 Å². The Morgan fingerprint density at radius 3 is 2.63 bits per heavy atom. The number of hydrogen-bond donors (Lipinski definition) is 1. The molecule has 0 radical (unpaired) electrons. The van der Waals surface area contributed by atoms with Crippen LogP contribution in [0.15, 0.2) is 34.8 Å². The number of thiazole rings is 1. The van der Waals surface area contributed by atoms with Crippen molar-refractivity contribution in [2.24, 2.45) is 12.0 Å². The third-order valence-electron chi connectivity index (χ3n) is 3.70. The van der Waals surface area contributed by atoms with Gasteiger partial charge in [0.25, 0.3) is 5.91 Å². The average molecular weight is 436 g/mol. The van der Waals surface area contributed by atoms with E-state index in [1.165, 1.54) is 6.07 Å². The van der Waals surface area contributed by atoms with Gasteiger partial charge in [-0.05, 0) is 12.1 Å². The lowest BCUT2D eigenvalue weighted by Crippen LogP contribution is -2.15. The molecule has 142 valence electrons. The molecule has 27 heavy (non-hydrogen) atoms. The highest BCUT2D eigenvalue weighted by Crippen LogP contribution is 2.41. The Morgan fingerprint density at radius 2 is 2.07 bits per heavy atom. The maximum Gasteiger partial charge on any atom is 0.418 e. The molecule has 0 aliphatic heterocycles. The largest absolute Gasteiger partial charge is 0.506 e. The van der Waals surface area contributed by atoms with Crippen molar-refractivity contribution in [2.75, 3.05) is 0 Å². The lowest BCUT2D eigenvalue weighted by molar-refractivity contribution is -0.136. The fourth-order valence-electron chi connectivity index (χ4n) is 2.46. The van der Waals surface area contributed by atoms with Crippen molar-refractivity contribution in [3.05, 3.63) is 51.4 Å². The van der Waals surface area contributed by atoms with E-state index in [9.17, 15) is 23.1 Å². The molecule has 0 atom stereocenters. The minimum Gasteiger partial charge on any atom is -0.506 e. The number of amides is 1. The van der Waals surface area contributed by atoms with Crippen molar-refractivity contribution in [2.45, 2.75) is 11.0 Å². The highest BCUT2D eigenvalue weighted by molar-refractivity contribution is 7.07. The van der Waals surface area contributed by atoms with E-state index < -0.39 is 45.0 Å². The van der Waals surface area contributed by atoms with Crippen LogP contribution < -0.4 is 4.80 Å². The molecular weight excluding hydrogens is 426 g/mol. The van der Waals surface area contributed by atoms with E-state index in [-0.39, 0.29) is 5.39 Å². The van der Waals surface area contributed by atoms with E-state index in [0.717, 1.165) is 23.5 Å². The Morgan fingerprint density at radius 1 is 1.37 bits per heavy atom. The van der Waals surface area contributed by atoms with Crippen LogP contribution in [0.5, 0.6) is 5.75 Å². The van der Waals surface area contributed by atoms with Gasteiger partial charge in [0.2, 0.25) is 0 Å². The number of rotatable bonds is 2. The second-order valence-corrected chi connectivity index (χ2v) is 7.40. The summed E-state index contributed by atoms with van der Waals surface area (Å²) in [7, 11) is 1.66. The van der Waals surface area contributed by atoms with Crippen LogP contribution >= 0.6 is 34.5 Å². The van der Waals surface area contributed by atoms with Crippen molar-refractivity contribution < 1.29 is 23.1 Å². The van der Waals surface area contributed by atoms with E-state index in [1.807, 2.05) is 0 Å². The summed E-state index contributed by atoms with van der Waals surface area (Å²) in [5, 5.41) is 12.0. The van der Waals surface area contributed by atoms with Gasteiger partial charge < -0.3 is 9.67 Å². The van der Waals surface area contributed by atoms with Gasteiger partial charge in [-0.1, -0.05) is 29.3 Å². The smallest absolute Gasteiger partial charge is 0.418 e. The number of halogens is 5. The number of pyridine rings is 1. The van der Waals surface area contributed by atoms with Crippen LogP contribution in [0.1, 0.15) is 26.5 Å². The quantitative estimate of drug-likeness (QED) is 0.599. The van der Waals surface area contributed by atoms with Crippen molar-refractivity contribution in [1.82, 2.24) is 9.55 Å². The standard InChI is InChI=1S/C16H10Cl2F3N3O2S/c1-24-5-6-27-15(24)23-14(26)9-11(13(17)18)22-10-7(12(9)25)3-2-4-8(10)16(19,20)21/h2-6,13H,1H3,(H,22,25)/b23-15+. The number of carbonyl (C=O) groups excluding carboxylic acids is 1. The van der Waals surface area contributed by atoms with Crippen molar-refractivity contribution in [1.29, 1.82) is 0 Å². The first-order valence-electron chi connectivity index (χ1n) is 7.31. The van der Waals surface area contributed by atoms with Crippen LogP contribution in [0.2, 0.25) is 0 Å². The monoisotopic (exact) mass is 435 g/mol. The molecular formula is C16H10Cl2F3N3O2S. The van der Waals surface area contributed by atoms with Gasteiger partial charge in [-0.15, -0.1) is 11.3 Å². The van der Waals surface area contributed by atoms with Crippen molar-refractivity contribution in [3.63, 3.8) is 0 Å². The van der Waals surface area contributed by atoms with Gasteiger partial charge >= 0.3 is 6.18 Å². The second-order valence-electron chi connectivity index (χ2n) is 5.43. The Kier molecular flexibility index (Phi) is 5.20. The molecule has 0 saturated heterocycles. The Bertz CT molecular complexity index is 1110. The fraction of sp³-hybridized carbons (Fsp3) is 0.188. The van der Waals surface area contributed by atoms with Crippen LogP contribution in [-0.2, 0) is 13.2 Å². The van der Waals surface area contributed by atoms with Gasteiger partial charge in [-0.2, -0.15) is 18.2 Å². The SMILES string of the molecule is Cn1ccs/c1=N/C(=O)c1c(C(Cl)Cl)nc2c(C(F)(F)F)cccc2c1O. The van der Waals surface area contributed by atoms with Crippen LogP contribution in [-0.4, -0.2) is 20.6 Å². The van der Waals surface area contributed by atoms with E-state index in [1.54, 1.807) is 23.2 Å². The van der Waals surface area contributed by atoms with Gasteiger partial charge in [0.15, 0.2) is 9.64 Å². The molecule has 3 rings (SSSR count). The normalized spacial score (nSPS) is 12.9. The molecule has 1 aromatic carbocycles. The van der Waals surface area contributed by atoms with Gasteiger partial charge in [-0.25, -0.2) is 4.98 Å². The molecule has 1 amide bonds. The summed E-state index contributed by atoms with van der Waals surface area (Å²) in [5.41, 5.74) is -2.47. The predicted octanol–water partition coefficient (Wildman–Crippen LogP) is 4.58. The summed E-state index contributed by atoms with van der Waals surface area (Å²) in [6, 6.07) is 3.14. The molecule has 5 nitrogen and oxygen atoms in total. The number of benzene rings is 1. The summed E-state index contributed by atoms with van der Waals surface area (Å²) < 4.78 is 41.4. The molecule has 0 aliphatic rings. The molecule has 0 fully saturated rings. The summed E-state index contributed by atoms with van der Waals surface area (Å²) in [6.07, 6.45) is -3.05. The van der Waals surface area contributed by atoms with Crippen molar-refractivity contribution in [3.8, 4) is 5.75 Å². The summed E-state index contributed by atoms with van der Waals surface area (Å²) in [5.74, 6) is -1.63. The summed E-state index contributed by atoms with van der Waals surface area (Å²) in [6.45, 7) is 0. The molecule has 11 heteroatoms. The highest BCUT2D eigenvalue weighted by Gasteiger charge is 2.35. The lowest BCUT2D eigenvalue weighted by atomic mass is 10.0.